The summed E-state index contributed by atoms with van der Waals surface area (Å²) in [6, 6.07) is 0. The van der Waals surface area contributed by atoms with Crippen molar-refractivity contribution >= 4 is 0 Å². The second kappa shape index (κ2) is 4.50. The Hall–Kier alpha value is 0.0223. The van der Waals surface area contributed by atoms with Crippen molar-refractivity contribution in [3.05, 3.63) is 0 Å². The van der Waals surface area contributed by atoms with Crippen molar-refractivity contribution in [3.63, 3.8) is 0 Å². The summed E-state index contributed by atoms with van der Waals surface area (Å²) in [6.07, 6.45) is 4.46. The van der Waals surface area contributed by atoms with Gasteiger partial charge >= 0.3 is 31.2 Å². The molecule has 0 spiro atoms. The van der Waals surface area contributed by atoms with Gasteiger partial charge in [0.05, 0.1) is 0 Å². The second-order valence-electron chi connectivity index (χ2n) is 3.73. The molecule has 0 aliphatic carbocycles. The third kappa shape index (κ3) is 5.35. The van der Waals surface area contributed by atoms with Gasteiger partial charge in [-0.05, 0) is 44.8 Å². The van der Waals surface area contributed by atoms with E-state index in [0.29, 0.717) is 0 Å². The Labute approximate surface area is 81.2 Å². The number of hydrogen-bond acceptors (Lipinski definition) is 4. The topological polar surface area (TPSA) is 54.5 Å². The van der Waals surface area contributed by atoms with Crippen molar-refractivity contribution < 1.29 is 25.8 Å². The Balaban J connectivity index is 0.000000149. The van der Waals surface area contributed by atoms with Gasteiger partial charge in [-0.25, -0.2) is 0 Å². The minimum absolute atomic E-state index is 0.722. The molecular formula is C8H16NO3Re. The number of rotatable bonds is 0. The van der Waals surface area contributed by atoms with E-state index in [1.807, 2.05) is 0 Å². The van der Waals surface area contributed by atoms with E-state index in [2.05, 4.69) is 4.90 Å². The van der Waals surface area contributed by atoms with Gasteiger partial charge in [0.2, 0.25) is 0 Å². The molecule has 3 aliphatic heterocycles. The number of piperidine rings is 3. The number of fused-ring (bicyclic) bond motifs is 3. The number of hydrogen-bond donors (Lipinski definition) is 0. The summed E-state index contributed by atoms with van der Waals surface area (Å²) in [6.45, 7) is 4.18. The first-order chi connectivity index (χ1) is 5.95. The molecular weight excluding hydrogens is 344 g/mol. The predicted octanol–water partition coefficient (Wildman–Crippen LogP) is 1.33. The molecule has 4 nitrogen and oxygen atoms in total. The fourth-order valence-corrected chi connectivity index (χ4v) is 1.86. The zero-order valence-corrected chi connectivity index (χ0v) is 10.6. The first-order valence-corrected chi connectivity index (χ1v) is 10.6. The van der Waals surface area contributed by atoms with Crippen molar-refractivity contribution in [1.29, 1.82) is 0 Å². The van der Waals surface area contributed by atoms with Crippen LogP contribution >= 0.6 is 0 Å². The maximum atomic E-state index is 9.19. The summed E-state index contributed by atoms with van der Waals surface area (Å²) in [5.74, 6) is 1.11. The van der Waals surface area contributed by atoms with Crippen LogP contribution in [0.25, 0.3) is 0 Å². The van der Waals surface area contributed by atoms with E-state index >= 15 is 0 Å². The van der Waals surface area contributed by atoms with Crippen LogP contribution in [0.4, 0.5) is 0 Å². The fourth-order valence-electron chi connectivity index (χ4n) is 1.86. The molecule has 3 heterocycles. The Morgan fingerprint density at radius 2 is 1.31 bits per heavy atom. The molecule has 0 aromatic rings. The van der Waals surface area contributed by atoms with E-state index in [0.717, 1.165) is 11.3 Å². The van der Waals surface area contributed by atoms with E-state index in [9.17, 15) is 10.4 Å². The summed E-state index contributed by atoms with van der Waals surface area (Å²) < 4.78 is 27.6. The molecule has 0 aromatic carbocycles. The third-order valence-corrected chi connectivity index (χ3v) is 2.56. The van der Waals surface area contributed by atoms with Gasteiger partial charge in [0.15, 0.2) is 0 Å². The molecule has 78 valence electrons. The van der Waals surface area contributed by atoms with Crippen LogP contribution in [0.2, 0.25) is 5.40 Å². The molecule has 0 atom stereocenters. The quantitative estimate of drug-likeness (QED) is 0.654. The molecule has 13 heavy (non-hydrogen) atoms. The molecule has 2 bridgehead atoms. The van der Waals surface area contributed by atoms with Gasteiger partial charge in [-0.1, -0.05) is 0 Å². The summed E-state index contributed by atoms with van der Waals surface area (Å²) in [5.41, 5.74) is 0. The van der Waals surface area contributed by atoms with Gasteiger partial charge in [-0.15, -0.1) is 0 Å². The van der Waals surface area contributed by atoms with Gasteiger partial charge in [0.1, 0.15) is 0 Å². The summed E-state index contributed by atoms with van der Waals surface area (Å²) in [7, 11) is 0. The van der Waals surface area contributed by atoms with E-state index < -0.39 is 15.4 Å². The van der Waals surface area contributed by atoms with Crippen molar-refractivity contribution in [2.24, 2.45) is 5.92 Å². The van der Waals surface area contributed by atoms with E-state index in [1.165, 1.54) is 38.9 Å². The normalized spacial score (nSPS) is 32.1. The van der Waals surface area contributed by atoms with Crippen LogP contribution < -0.4 is 0 Å². The summed E-state index contributed by atoms with van der Waals surface area (Å²) in [5, 5.41) is 0.722. The van der Waals surface area contributed by atoms with Gasteiger partial charge in [0.25, 0.3) is 0 Å². The molecule has 0 unspecified atom stereocenters. The van der Waals surface area contributed by atoms with Crippen LogP contribution in [0.15, 0.2) is 0 Å². The van der Waals surface area contributed by atoms with Gasteiger partial charge in [-0.2, -0.15) is 0 Å². The molecule has 3 saturated heterocycles. The van der Waals surface area contributed by atoms with Crippen LogP contribution in [-0.4, -0.2) is 24.5 Å². The monoisotopic (exact) mass is 361 g/mol. The molecule has 0 aromatic heterocycles. The Bertz CT molecular complexity index is 258. The molecule has 3 rings (SSSR count). The van der Waals surface area contributed by atoms with Gasteiger partial charge in [-0.3, -0.25) is 0 Å². The zero-order chi connectivity index (χ0) is 9.90. The Morgan fingerprint density at radius 1 is 1.00 bits per heavy atom. The van der Waals surface area contributed by atoms with Crippen LogP contribution in [0.5, 0.6) is 0 Å². The van der Waals surface area contributed by atoms with Crippen LogP contribution in [0.3, 0.4) is 0 Å². The third-order valence-electron chi connectivity index (χ3n) is 2.56. The molecule has 0 N–H and O–H groups in total. The average Bonchev–Trinajstić information content (AvgIpc) is 2.05. The second-order valence-corrected chi connectivity index (χ2v) is 8.41. The van der Waals surface area contributed by atoms with Crippen LogP contribution in [0, 0.1) is 5.92 Å². The van der Waals surface area contributed by atoms with Crippen LogP contribution in [-0.2, 0) is 25.8 Å². The fraction of sp³-hybridized carbons (Fsp3) is 1.00. The number of nitrogens with zero attached hydrogens (tertiary/aromatic N) is 1. The minimum atomic E-state index is -4.86. The Kier molecular flexibility index (Phi) is 3.84. The molecule has 3 aliphatic rings. The average molecular weight is 360 g/mol. The molecule has 0 amide bonds. The van der Waals surface area contributed by atoms with E-state index in [4.69, 9.17) is 0 Å². The van der Waals surface area contributed by atoms with Crippen molar-refractivity contribution in [1.82, 2.24) is 4.90 Å². The first-order valence-electron chi connectivity index (χ1n) is 4.51. The SMILES string of the molecule is C1CN2CCC1CC2.[CH3][Re](=[O])(=[O])=[O]. The van der Waals surface area contributed by atoms with E-state index in [1.54, 1.807) is 0 Å². The standard InChI is InChI=1S/C7H13N.CH3.3O.Re/c1-4-8-5-2-7(1)3-6-8;;;;;/h7H,1-6H2;1H3;;;;. The maximum absolute atomic E-state index is 9.19. The first kappa shape index (κ1) is 11.1. The summed E-state index contributed by atoms with van der Waals surface area (Å²) in [4.78, 5) is 2.58. The summed E-state index contributed by atoms with van der Waals surface area (Å²) >= 11 is -4.86. The molecule has 0 saturated carbocycles. The Morgan fingerprint density at radius 3 is 1.38 bits per heavy atom. The van der Waals surface area contributed by atoms with Gasteiger partial charge < -0.3 is 4.90 Å². The van der Waals surface area contributed by atoms with Gasteiger partial charge in [0, 0.05) is 0 Å². The zero-order valence-electron chi connectivity index (χ0n) is 7.87. The van der Waals surface area contributed by atoms with Crippen molar-refractivity contribution in [2.75, 3.05) is 19.6 Å². The van der Waals surface area contributed by atoms with Crippen molar-refractivity contribution in [3.8, 4) is 0 Å². The molecule has 3 fully saturated rings. The molecule has 5 heteroatoms. The van der Waals surface area contributed by atoms with Crippen LogP contribution in [0.1, 0.15) is 19.3 Å². The van der Waals surface area contributed by atoms with E-state index in [-0.39, 0.29) is 0 Å². The molecule has 0 radical (unpaired) electrons. The van der Waals surface area contributed by atoms with Crippen molar-refractivity contribution in [2.45, 2.75) is 24.7 Å². The predicted molar refractivity (Wildman–Crippen MR) is 41.7 cm³/mol.